The molecular formula is C30H41N5O6S2. The van der Waals surface area contributed by atoms with Crippen molar-refractivity contribution in [1.29, 1.82) is 0 Å². The molecule has 0 atom stereocenters. The van der Waals surface area contributed by atoms with E-state index in [1.54, 1.807) is 24.8 Å². The topological polar surface area (TPSA) is 127 Å². The van der Waals surface area contributed by atoms with Gasteiger partial charge in [-0.25, -0.2) is 19.9 Å². The number of nitrogens with zero attached hydrogens (tertiary/aromatic N) is 4. The second-order valence-corrected chi connectivity index (χ2v) is 10.6. The average Bonchev–Trinajstić information content (AvgIpc) is 3.06. The number of carbonyl (C=O) groups is 1. The van der Waals surface area contributed by atoms with E-state index in [2.05, 4.69) is 32.2 Å². The largest absolute Gasteiger partial charge is 0.379 e. The highest BCUT2D eigenvalue weighted by Crippen LogP contribution is 2.28. The Hall–Kier alpha value is -2.65. The molecule has 0 saturated carbocycles. The molecule has 1 aromatic carbocycles. The van der Waals surface area contributed by atoms with Gasteiger partial charge in [-0.1, -0.05) is 30.4 Å². The van der Waals surface area contributed by atoms with E-state index in [9.17, 15) is 4.79 Å². The van der Waals surface area contributed by atoms with E-state index in [4.69, 9.17) is 23.7 Å². The summed E-state index contributed by atoms with van der Waals surface area (Å²) in [6.45, 7) is 7.67. The lowest BCUT2D eigenvalue weighted by Crippen LogP contribution is -2.27. The summed E-state index contributed by atoms with van der Waals surface area (Å²) in [6.07, 6.45) is 11.9. The van der Waals surface area contributed by atoms with Crippen LogP contribution < -0.4 is 5.32 Å². The fourth-order valence-electron chi connectivity index (χ4n) is 3.70. The highest BCUT2D eigenvalue weighted by Gasteiger charge is 2.12. The van der Waals surface area contributed by atoms with E-state index in [0.29, 0.717) is 81.9 Å². The molecule has 0 unspecified atom stereocenters. The Balaban J connectivity index is 1.39. The minimum atomic E-state index is -0.208. The van der Waals surface area contributed by atoms with Crippen molar-refractivity contribution in [3.8, 4) is 22.3 Å². The van der Waals surface area contributed by atoms with Crippen LogP contribution in [0.5, 0.6) is 0 Å². The number of hydrogen-bond acceptors (Lipinski definition) is 12. The van der Waals surface area contributed by atoms with Crippen LogP contribution in [0.3, 0.4) is 0 Å². The summed E-state index contributed by atoms with van der Waals surface area (Å²) in [5, 5.41) is 4.30. The van der Waals surface area contributed by atoms with Gasteiger partial charge in [0, 0.05) is 54.6 Å². The predicted octanol–water partition coefficient (Wildman–Crippen LogP) is 4.27. The van der Waals surface area contributed by atoms with Crippen molar-refractivity contribution in [3.63, 3.8) is 0 Å². The summed E-state index contributed by atoms with van der Waals surface area (Å²) < 4.78 is 27.4. The minimum Gasteiger partial charge on any atom is -0.379 e. The fraction of sp³-hybridized carbons (Fsp3) is 0.500. The van der Waals surface area contributed by atoms with E-state index in [1.807, 2.05) is 30.7 Å². The van der Waals surface area contributed by atoms with Crippen molar-refractivity contribution >= 4 is 29.4 Å². The summed E-state index contributed by atoms with van der Waals surface area (Å²) in [6, 6.07) is 5.65. The highest BCUT2D eigenvalue weighted by atomic mass is 32.2. The van der Waals surface area contributed by atoms with Crippen LogP contribution in [0, 0.1) is 0 Å². The quantitative estimate of drug-likeness (QED) is 0.0967. The molecule has 1 N–H and O–H groups in total. The maximum atomic E-state index is 13.1. The van der Waals surface area contributed by atoms with Crippen molar-refractivity contribution < 1.29 is 28.5 Å². The monoisotopic (exact) mass is 631 g/mol. The summed E-state index contributed by atoms with van der Waals surface area (Å²) in [5.74, 6) is -0.208. The lowest BCUT2D eigenvalue weighted by atomic mass is 9.98. The van der Waals surface area contributed by atoms with Gasteiger partial charge in [0.1, 0.15) is 0 Å². The molecule has 0 aliphatic rings. The molecule has 0 aliphatic heterocycles. The Kier molecular flexibility index (Phi) is 17.1. The number of thioether (sulfide) groups is 2. The second kappa shape index (κ2) is 21.1. The number of rotatable bonds is 22. The molecule has 0 saturated heterocycles. The Morgan fingerprint density at radius 2 is 1.00 bits per heavy atom. The van der Waals surface area contributed by atoms with Gasteiger partial charge in [-0.15, -0.1) is 0 Å². The van der Waals surface area contributed by atoms with Gasteiger partial charge in [0.15, 0.2) is 10.3 Å². The first kappa shape index (κ1) is 34.8. The number of aromatic nitrogens is 4. The van der Waals surface area contributed by atoms with Crippen LogP contribution in [0.1, 0.15) is 23.7 Å². The third-order valence-electron chi connectivity index (χ3n) is 5.85. The van der Waals surface area contributed by atoms with E-state index in [0.717, 1.165) is 35.3 Å². The zero-order chi connectivity index (χ0) is 30.5. The standard InChI is InChI=1S/C30H41N5O6S2/c1-4-6-37-8-10-39-12-14-41-15-13-40-11-9-38-7-5-31-28(36)25-17-23(26-19-32-29(42-2)33-20-26)16-24(18-25)27-21-34-30(43-3)35-22-27/h16-22H,4-15H2,1-3H3,(H,31,36). The molecule has 0 aliphatic carbocycles. The number of carbonyl (C=O) groups excluding carboxylic acids is 1. The number of amides is 1. The van der Waals surface area contributed by atoms with Gasteiger partial charge in [0.05, 0.1) is 59.5 Å². The number of hydrogen-bond donors (Lipinski definition) is 1. The van der Waals surface area contributed by atoms with Gasteiger partial charge in [-0.05, 0) is 48.3 Å². The molecule has 0 bridgehead atoms. The minimum absolute atomic E-state index is 0.208. The Labute approximate surface area is 262 Å². The van der Waals surface area contributed by atoms with Crippen LogP contribution in [0.25, 0.3) is 22.3 Å². The van der Waals surface area contributed by atoms with E-state index < -0.39 is 0 Å². The number of nitrogens with one attached hydrogen (secondary N) is 1. The first-order chi connectivity index (χ1) is 21.1. The average molecular weight is 632 g/mol. The third kappa shape index (κ3) is 13.3. The van der Waals surface area contributed by atoms with Crippen LogP contribution in [0.15, 0.2) is 53.3 Å². The number of ether oxygens (including phenoxy) is 5. The normalized spacial score (nSPS) is 11.1. The summed E-state index contributed by atoms with van der Waals surface area (Å²) in [7, 11) is 0. The second-order valence-electron chi connectivity index (χ2n) is 9.03. The maximum Gasteiger partial charge on any atom is 0.251 e. The zero-order valence-corrected chi connectivity index (χ0v) is 26.7. The molecule has 13 heteroatoms. The van der Waals surface area contributed by atoms with Crippen molar-refractivity contribution in [1.82, 2.24) is 25.3 Å². The van der Waals surface area contributed by atoms with Crippen molar-refractivity contribution in [3.05, 3.63) is 48.5 Å². The van der Waals surface area contributed by atoms with Gasteiger partial charge >= 0.3 is 0 Å². The molecule has 2 aromatic heterocycles. The van der Waals surface area contributed by atoms with Crippen LogP contribution in [-0.2, 0) is 23.7 Å². The summed E-state index contributed by atoms with van der Waals surface area (Å²) in [4.78, 5) is 30.6. The third-order valence-corrected chi connectivity index (χ3v) is 7.00. The van der Waals surface area contributed by atoms with Crippen molar-refractivity contribution in [2.24, 2.45) is 0 Å². The molecule has 234 valence electrons. The number of benzene rings is 1. The zero-order valence-electron chi connectivity index (χ0n) is 25.1. The molecule has 0 fully saturated rings. The van der Waals surface area contributed by atoms with Gasteiger partial charge < -0.3 is 29.0 Å². The van der Waals surface area contributed by atoms with Crippen LogP contribution in [0.2, 0.25) is 0 Å². The molecule has 0 radical (unpaired) electrons. The fourth-order valence-corrected chi connectivity index (χ4v) is 4.33. The van der Waals surface area contributed by atoms with E-state index in [1.165, 1.54) is 23.5 Å². The van der Waals surface area contributed by atoms with Gasteiger partial charge in [0.25, 0.3) is 5.91 Å². The van der Waals surface area contributed by atoms with Crippen molar-refractivity contribution in [2.45, 2.75) is 23.7 Å². The molecule has 11 nitrogen and oxygen atoms in total. The Morgan fingerprint density at radius 1 is 0.605 bits per heavy atom. The highest BCUT2D eigenvalue weighted by molar-refractivity contribution is 7.98. The lowest BCUT2D eigenvalue weighted by Gasteiger charge is -2.11. The molecule has 1 amide bonds. The van der Waals surface area contributed by atoms with Gasteiger partial charge in [-0.2, -0.15) is 0 Å². The molecule has 3 rings (SSSR count). The lowest BCUT2D eigenvalue weighted by molar-refractivity contribution is -0.0107. The molecule has 2 heterocycles. The predicted molar refractivity (Wildman–Crippen MR) is 169 cm³/mol. The Morgan fingerprint density at radius 3 is 1.40 bits per heavy atom. The van der Waals surface area contributed by atoms with E-state index in [-0.39, 0.29) is 5.91 Å². The molecule has 43 heavy (non-hydrogen) atoms. The first-order valence-corrected chi connectivity index (χ1v) is 16.6. The SMILES string of the molecule is CCCOCCOCCOCCOCCOCCNC(=O)c1cc(-c2cnc(SC)nc2)cc(-c2cnc(SC)nc2)c1. The Bertz CT molecular complexity index is 1140. The molecular weight excluding hydrogens is 590 g/mol. The summed E-state index contributed by atoms with van der Waals surface area (Å²) >= 11 is 2.94. The molecule has 3 aromatic rings. The van der Waals surface area contributed by atoms with E-state index >= 15 is 0 Å². The smallest absolute Gasteiger partial charge is 0.251 e. The van der Waals surface area contributed by atoms with Gasteiger partial charge in [0.2, 0.25) is 0 Å². The maximum absolute atomic E-state index is 13.1. The van der Waals surface area contributed by atoms with Crippen molar-refractivity contribution in [2.75, 3.05) is 85.1 Å². The molecule has 0 spiro atoms. The van der Waals surface area contributed by atoms with Gasteiger partial charge in [-0.3, -0.25) is 4.79 Å². The van der Waals surface area contributed by atoms with Crippen LogP contribution in [-0.4, -0.2) is 111 Å². The van der Waals surface area contributed by atoms with Crippen LogP contribution in [0.4, 0.5) is 0 Å². The summed E-state index contributed by atoms with van der Waals surface area (Å²) in [5.41, 5.74) is 3.78. The van der Waals surface area contributed by atoms with Crippen LogP contribution >= 0.6 is 23.5 Å². The first-order valence-electron chi connectivity index (χ1n) is 14.2.